The van der Waals surface area contributed by atoms with Gasteiger partial charge in [0.05, 0.1) is 41.1 Å². The van der Waals surface area contributed by atoms with Crippen LogP contribution in [0.5, 0.6) is 11.5 Å². The van der Waals surface area contributed by atoms with Crippen molar-refractivity contribution in [2.75, 3.05) is 36.9 Å². The van der Waals surface area contributed by atoms with Gasteiger partial charge in [0.25, 0.3) is 15.9 Å². The third-order valence-electron chi connectivity index (χ3n) is 5.27. The van der Waals surface area contributed by atoms with Gasteiger partial charge in [-0.15, -0.1) is 6.58 Å². The van der Waals surface area contributed by atoms with E-state index in [9.17, 15) is 22.4 Å². The van der Waals surface area contributed by atoms with Gasteiger partial charge >= 0.3 is 0 Å². The van der Waals surface area contributed by atoms with Crippen molar-refractivity contribution < 1.29 is 31.9 Å². The summed E-state index contributed by atoms with van der Waals surface area (Å²) in [4.78, 5) is 25.4. The van der Waals surface area contributed by atoms with E-state index in [4.69, 9.17) is 21.1 Å². The van der Waals surface area contributed by atoms with Crippen LogP contribution in [0.3, 0.4) is 0 Å². The minimum atomic E-state index is -4.40. The second-order valence-corrected chi connectivity index (χ2v) is 9.99. The molecule has 0 saturated heterocycles. The van der Waals surface area contributed by atoms with Crippen LogP contribution in [0.25, 0.3) is 0 Å². The number of methoxy groups -OCH3 is 2. The number of rotatable bonds is 11. The number of nitrogens with zero attached hydrogens (tertiary/aromatic N) is 1. The van der Waals surface area contributed by atoms with Gasteiger partial charge in [0.15, 0.2) is 11.5 Å². The van der Waals surface area contributed by atoms with Crippen LogP contribution in [0.15, 0.2) is 78.2 Å². The lowest BCUT2D eigenvalue weighted by Crippen LogP contribution is -2.38. The monoisotopic (exact) mass is 561 g/mol. The van der Waals surface area contributed by atoms with Gasteiger partial charge in [0.2, 0.25) is 5.91 Å². The van der Waals surface area contributed by atoms with Gasteiger partial charge in [-0.05, 0) is 42.5 Å². The maximum Gasteiger partial charge on any atom is 0.264 e. The zero-order chi connectivity index (χ0) is 27.9. The fraction of sp³-hybridized carbons (Fsp3) is 0.154. The molecule has 3 aromatic carbocycles. The lowest BCUT2D eigenvalue weighted by Gasteiger charge is -2.25. The number of anilines is 2. The molecular formula is C26H25ClFN3O6S. The molecule has 0 saturated carbocycles. The number of hydrogen-bond acceptors (Lipinski definition) is 6. The predicted molar refractivity (Wildman–Crippen MR) is 143 cm³/mol. The highest BCUT2D eigenvalue weighted by Crippen LogP contribution is 2.33. The average molecular weight is 562 g/mol. The second kappa shape index (κ2) is 12.4. The van der Waals surface area contributed by atoms with E-state index in [1.807, 2.05) is 0 Å². The van der Waals surface area contributed by atoms with Gasteiger partial charge in [-0.1, -0.05) is 29.8 Å². The maximum absolute atomic E-state index is 13.9. The maximum atomic E-state index is 13.9. The third-order valence-corrected chi connectivity index (χ3v) is 7.33. The van der Waals surface area contributed by atoms with Crippen LogP contribution in [0, 0.1) is 5.82 Å². The summed E-state index contributed by atoms with van der Waals surface area (Å²) in [5, 5.41) is 4.86. The molecule has 0 radical (unpaired) electrons. The summed E-state index contributed by atoms with van der Waals surface area (Å²) in [5.41, 5.74) is 0.278. The average Bonchev–Trinajstić information content (AvgIpc) is 2.91. The molecule has 2 N–H and O–H groups in total. The van der Waals surface area contributed by atoms with Crippen molar-refractivity contribution in [1.82, 2.24) is 5.32 Å². The number of nitrogens with one attached hydrogen (secondary N) is 2. The van der Waals surface area contributed by atoms with Crippen molar-refractivity contribution in [1.29, 1.82) is 0 Å². The SMILES string of the molecule is C=CCNC(=O)c1ccccc1NC(=O)CN(c1ccc(F)c(Cl)c1)S(=O)(=O)c1ccc(OC)c(OC)c1. The molecule has 0 unspecified atom stereocenters. The van der Waals surface area contributed by atoms with E-state index >= 15 is 0 Å². The van der Waals surface area contributed by atoms with E-state index < -0.39 is 34.2 Å². The largest absolute Gasteiger partial charge is 0.493 e. The first-order valence-electron chi connectivity index (χ1n) is 11.1. The van der Waals surface area contributed by atoms with Crippen LogP contribution >= 0.6 is 11.6 Å². The smallest absolute Gasteiger partial charge is 0.264 e. The number of ether oxygens (including phenoxy) is 2. The molecule has 0 heterocycles. The standard InChI is InChI=1S/C26H25ClFN3O6S/c1-4-13-29-26(33)19-7-5-6-8-22(19)30-25(32)16-31(17-9-11-21(28)20(27)14-17)38(34,35)18-10-12-23(36-2)24(15-18)37-3/h4-12,14-15H,1,13,16H2,2-3H3,(H,29,33)(H,30,32). The number of halogens is 2. The molecule has 0 fully saturated rings. The Balaban J connectivity index is 2.00. The van der Waals surface area contributed by atoms with Gasteiger partial charge in [-0.3, -0.25) is 13.9 Å². The van der Waals surface area contributed by atoms with Crippen molar-refractivity contribution in [2.45, 2.75) is 4.90 Å². The van der Waals surface area contributed by atoms with Gasteiger partial charge in [-0.25, -0.2) is 12.8 Å². The molecule has 9 nitrogen and oxygen atoms in total. The Kier molecular flexibility index (Phi) is 9.32. The molecule has 0 aliphatic rings. The van der Waals surface area contributed by atoms with E-state index in [1.54, 1.807) is 12.1 Å². The molecule has 0 aliphatic heterocycles. The number of sulfonamides is 1. The number of benzene rings is 3. The highest BCUT2D eigenvalue weighted by Gasteiger charge is 2.29. The van der Waals surface area contributed by atoms with Gasteiger partial charge in [0.1, 0.15) is 12.4 Å². The molecule has 3 aromatic rings. The fourth-order valence-corrected chi connectivity index (χ4v) is 5.03. The molecule has 0 bridgehead atoms. The van der Waals surface area contributed by atoms with E-state index in [-0.39, 0.29) is 39.2 Å². The minimum absolute atomic E-state index is 0.0571. The first-order chi connectivity index (χ1) is 18.1. The van der Waals surface area contributed by atoms with Gasteiger partial charge in [-0.2, -0.15) is 0 Å². The van der Waals surface area contributed by atoms with Crippen LogP contribution in [-0.2, 0) is 14.8 Å². The second-order valence-electron chi connectivity index (χ2n) is 7.72. The number of carbonyl (C=O) groups excluding carboxylic acids is 2. The van der Waals surface area contributed by atoms with Crippen molar-refractivity contribution in [2.24, 2.45) is 0 Å². The van der Waals surface area contributed by atoms with Crippen LogP contribution in [0.2, 0.25) is 5.02 Å². The summed E-state index contributed by atoms with van der Waals surface area (Å²) in [6.07, 6.45) is 1.50. The van der Waals surface area contributed by atoms with E-state index in [2.05, 4.69) is 17.2 Å². The van der Waals surface area contributed by atoms with Crippen molar-refractivity contribution in [3.05, 3.63) is 89.7 Å². The van der Waals surface area contributed by atoms with E-state index in [0.29, 0.717) is 5.75 Å². The Morgan fingerprint density at radius 3 is 2.42 bits per heavy atom. The fourth-order valence-electron chi connectivity index (χ4n) is 3.43. The lowest BCUT2D eigenvalue weighted by molar-refractivity contribution is -0.114. The quantitative estimate of drug-likeness (QED) is 0.338. The highest BCUT2D eigenvalue weighted by molar-refractivity contribution is 7.92. The Labute approximate surface area is 224 Å². The number of carbonyl (C=O) groups is 2. The first kappa shape index (κ1) is 28.5. The van der Waals surface area contributed by atoms with Crippen LogP contribution in [-0.4, -0.2) is 47.5 Å². The van der Waals surface area contributed by atoms with E-state index in [0.717, 1.165) is 16.4 Å². The first-order valence-corrected chi connectivity index (χ1v) is 12.9. The topological polar surface area (TPSA) is 114 Å². The number of amides is 2. The molecule has 0 aromatic heterocycles. The van der Waals surface area contributed by atoms with Gasteiger partial charge < -0.3 is 20.1 Å². The molecule has 3 rings (SSSR count). The molecule has 0 aliphatic carbocycles. The molecule has 38 heavy (non-hydrogen) atoms. The zero-order valence-corrected chi connectivity index (χ0v) is 22.1. The molecule has 0 spiro atoms. The Morgan fingerprint density at radius 1 is 1.05 bits per heavy atom. The van der Waals surface area contributed by atoms with Crippen molar-refractivity contribution in [3.63, 3.8) is 0 Å². The highest BCUT2D eigenvalue weighted by atomic mass is 35.5. The summed E-state index contributed by atoms with van der Waals surface area (Å²) in [5.74, 6) is -1.54. The Morgan fingerprint density at radius 2 is 1.76 bits per heavy atom. The lowest BCUT2D eigenvalue weighted by atomic mass is 10.1. The molecule has 12 heteroatoms. The van der Waals surface area contributed by atoms with Crippen molar-refractivity contribution in [3.8, 4) is 11.5 Å². The van der Waals surface area contributed by atoms with Crippen LogP contribution in [0.1, 0.15) is 10.4 Å². The third kappa shape index (κ3) is 6.42. The molecule has 2 amide bonds. The number of para-hydroxylation sites is 1. The Bertz CT molecular complexity index is 1470. The van der Waals surface area contributed by atoms with Crippen LogP contribution in [0.4, 0.5) is 15.8 Å². The summed E-state index contributed by atoms with van der Waals surface area (Å²) < 4.78 is 52.5. The molecule has 200 valence electrons. The predicted octanol–water partition coefficient (Wildman–Crippen LogP) is 4.25. The summed E-state index contributed by atoms with van der Waals surface area (Å²) in [6.45, 7) is 3.04. The number of hydrogen-bond donors (Lipinski definition) is 2. The summed E-state index contributed by atoms with van der Waals surface area (Å²) in [6, 6.07) is 13.4. The van der Waals surface area contributed by atoms with Crippen molar-refractivity contribution >= 4 is 44.8 Å². The zero-order valence-electron chi connectivity index (χ0n) is 20.5. The van der Waals surface area contributed by atoms with Gasteiger partial charge in [0, 0.05) is 12.6 Å². The summed E-state index contributed by atoms with van der Waals surface area (Å²) in [7, 11) is -1.65. The summed E-state index contributed by atoms with van der Waals surface area (Å²) >= 11 is 5.92. The molecule has 0 atom stereocenters. The Hall–Kier alpha value is -4.09. The van der Waals surface area contributed by atoms with E-state index in [1.165, 1.54) is 56.7 Å². The minimum Gasteiger partial charge on any atom is -0.493 e. The normalized spacial score (nSPS) is 10.8. The molecular weight excluding hydrogens is 537 g/mol. The van der Waals surface area contributed by atoms with Crippen LogP contribution < -0.4 is 24.4 Å².